The summed E-state index contributed by atoms with van der Waals surface area (Å²) in [5.41, 5.74) is 0. The predicted octanol–water partition coefficient (Wildman–Crippen LogP) is 19.5. The molecule has 0 N–H and O–H groups in total. The fourth-order valence-electron chi connectivity index (χ4n) is 7.98. The second-order valence-electron chi connectivity index (χ2n) is 16.9. The Morgan fingerprint density at radius 1 is 0.160 bits per heavy atom. The molecule has 0 aliphatic heterocycles. The summed E-state index contributed by atoms with van der Waals surface area (Å²) in [4.78, 5) is 0. The van der Waals surface area contributed by atoms with Crippen LogP contribution in [0.3, 0.4) is 0 Å². The van der Waals surface area contributed by atoms with Crippen LogP contribution < -0.4 is 0 Å². The van der Waals surface area contributed by atoms with Crippen LogP contribution in [-0.4, -0.2) is 0 Å². The molecule has 0 bridgehead atoms. The molecule has 0 nitrogen and oxygen atoms in total. The Bertz CT molecular complexity index is 575. The van der Waals surface area contributed by atoms with Crippen LogP contribution in [0.2, 0.25) is 0 Å². The first-order chi connectivity index (χ1) is 24.9. The molecule has 0 spiro atoms. The van der Waals surface area contributed by atoms with E-state index in [-0.39, 0.29) is 0 Å². The van der Waals surface area contributed by atoms with Gasteiger partial charge in [-0.1, -0.05) is 296 Å². The highest BCUT2D eigenvalue weighted by Gasteiger charge is 1.98. The van der Waals surface area contributed by atoms with Crippen molar-refractivity contribution in [3.63, 3.8) is 0 Å². The number of unbranched alkanes of at least 4 members (excludes halogenated alkanes) is 44. The summed E-state index contributed by atoms with van der Waals surface area (Å²) in [6.45, 7) is 4.62. The van der Waals surface area contributed by atoms with Crippen molar-refractivity contribution in [3.05, 3.63) is 12.2 Å². The number of hydrogen-bond acceptors (Lipinski definition) is 0. The van der Waals surface area contributed by atoms with Crippen molar-refractivity contribution in [1.82, 2.24) is 0 Å². The van der Waals surface area contributed by atoms with Gasteiger partial charge < -0.3 is 0 Å². The van der Waals surface area contributed by atoms with Crippen LogP contribution in [0.25, 0.3) is 0 Å². The minimum absolute atomic E-state index is 1.32. The van der Waals surface area contributed by atoms with E-state index in [1.165, 1.54) is 295 Å². The number of hydrogen-bond donors (Lipinski definition) is 0. The molecule has 0 heterocycles. The summed E-state index contributed by atoms with van der Waals surface area (Å²) in [5, 5.41) is 0. The Labute approximate surface area is 320 Å². The summed E-state index contributed by atoms with van der Waals surface area (Å²) < 4.78 is 0. The second kappa shape index (κ2) is 48.7. The van der Waals surface area contributed by atoms with Crippen LogP contribution >= 0.6 is 0 Å². The fourth-order valence-corrected chi connectivity index (χ4v) is 7.98. The van der Waals surface area contributed by atoms with Gasteiger partial charge in [0, 0.05) is 0 Å². The van der Waals surface area contributed by atoms with Crippen molar-refractivity contribution in [2.45, 2.75) is 309 Å². The Balaban J connectivity index is 3.08. The van der Waals surface area contributed by atoms with Crippen LogP contribution in [0.15, 0.2) is 12.2 Å². The van der Waals surface area contributed by atoms with Crippen molar-refractivity contribution in [1.29, 1.82) is 0 Å². The van der Waals surface area contributed by atoms with Crippen molar-refractivity contribution in [2.75, 3.05) is 0 Å². The van der Waals surface area contributed by atoms with Crippen LogP contribution in [0.1, 0.15) is 309 Å². The van der Waals surface area contributed by atoms with E-state index in [0.29, 0.717) is 0 Å². The molecule has 50 heavy (non-hydrogen) atoms. The van der Waals surface area contributed by atoms with E-state index in [9.17, 15) is 0 Å². The van der Waals surface area contributed by atoms with Crippen LogP contribution in [0, 0.1) is 0 Å². The third-order valence-electron chi connectivity index (χ3n) is 11.6. The Hall–Kier alpha value is -0.260. The largest absolute Gasteiger partial charge is 0.0885 e. The molecule has 0 aromatic heterocycles. The van der Waals surface area contributed by atoms with E-state index in [4.69, 9.17) is 0 Å². The Morgan fingerprint density at radius 2 is 0.280 bits per heavy atom. The zero-order valence-corrected chi connectivity index (χ0v) is 35.7. The molecule has 0 aromatic rings. The normalized spacial score (nSPS) is 11.8. The van der Waals surface area contributed by atoms with Crippen LogP contribution in [-0.2, 0) is 0 Å². The standard InChI is InChI=1S/C50H100/c1-3-5-7-9-11-13-15-17-19-21-23-25-27-29-31-33-35-37-39-41-43-45-47-49-50-48-46-44-42-40-38-36-34-32-30-28-26-24-22-20-18-16-14-12-10-8-6-4-2/h33,35H,3-32,34,36-50H2,1-2H3. The SMILES string of the molecule is CCCCCCCCCCCCCCCCC=CCCCCCCCCCCCCCCCCCCCCCCCCCCCCCCCC. The molecule has 0 rings (SSSR count). The molecule has 0 amide bonds. The summed E-state index contributed by atoms with van der Waals surface area (Å²) in [6, 6.07) is 0. The van der Waals surface area contributed by atoms with Gasteiger partial charge in [-0.2, -0.15) is 0 Å². The van der Waals surface area contributed by atoms with Gasteiger partial charge in [0.15, 0.2) is 0 Å². The van der Waals surface area contributed by atoms with Gasteiger partial charge in [-0.3, -0.25) is 0 Å². The monoisotopic (exact) mass is 701 g/mol. The lowest BCUT2D eigenvalue weighted by atomic mass is 10.0. The number of allylic oxidation sites excluding steroid dienone is 2. The highest BCUT2D eigenvalue weighted by atomic mass is 14.0. The first kappa shape index (κ1) is 49.7. The van der Waals surface area contributed by atoms with Gasteiger partial charge in [-0.25, -0.2) is 0 Å². The maximum absolute atomic E-state index is 2.48. The minimum atomic E-state index is 1.32. The second-order valence-corrected chi connectivity index (χ2v) is 16.9. The van der Waals surface area contributed by atoms with E-state index in [1.807, 2.05) is 0 Å². The first-order valence-electron chi connectivity index (χ1n) is 24.6. The van der Waals surface area contributed by atoms with Gasteiger partial charge in [0.1, 0.15) is 0 Å². The molecule has 300 valence electrons. The zero-order valence-electron chi connectivity index (χ0n) is 35.7. The maximum atomic E-state index is 2.48. The zero-order chi connectivity index (χ0) is 35.9. The highest BCUT2D eigenvalue weighted by Crippen LogP contribution is 2.17. The molecule has 0 aliphatic carbocycles. The molecular formula is C50H100. The molecule has 0 fully saturated rings. The first-order valence-corrected chi connectivity index (χ1v) is 24.6. The highest BCUT2D eigenvalue weighted by molar-refractivity contribution is 4.81. The number of rotatable bonds is 46. The van der Waals surface area contributed by atoms with Crippen LogP contribution in [0.4, 0.5) is 0 Å². The smallest absolute Gasteiger partial charge is 0.0351 e. The summed E-state index contributed by atoms with van der Waals surface area (Å²) in [7, 11) is 0. The van der Waals surface area contributed by atoms with Gasteiger partial charge in [0.2, 0.25) is 0 Å². The van der Waals surface area contributed by atoms with Gasteiger partial charge in [-0.15, -0.1) is 0 Å². The van der Waals surface area contributed by atoms with Crippen molar-refractivity contribution in [3.8, 4) is 0 Å². The predicted molar refractivity (Wildman–Crippen MR) is 233 cm³/mol. The maximum Gasteiger partial charge on any atom is -0.0351 e. The van der Waals surface area contributed by atoms with Crippen LogP contribution in [0.5, 0.6) is 0 Å². The molecule has 0 heteroatoms. The van der Waals surface area contributed by atoms with Crippen molar-refractivity contribution < 1.29 is 0 Å². The topological polar surface area (TPSA) is 0 Å². The molecular weight excluding hydrogens is 601 g/mol. The lowest BCUT2D eigenvalue weighted by Crippen LogP contribution is -1.85. The molecule has 0 aliphatic rings. The molecule has 0 saturated carbocycles. The van der Waals surface area contributed by atoms with E-state index < -0.39 is 0 Å². The summed E-state index contributed by atoms with van der Waals surface area (Å²) in [6.07, 6.45) is 72.4. The summed E-state index contributed by atoms with van der Waals surface area (Å²) in [5.74, 6) is 0. The lowest BCUT2D eigenvalue weighted by molar-refractivity contribution is 0.513. The average molecular weight is 701 g/mol. The van der Waals surface area contributed by atoms with Gasteiger partial charge in [0.25, 0.3) is 0 Å². The summed E-state index contributed by atoms with van der Waals surface area (Å²) >= 11 is 0. The molecule has 0 aromatic carbocycles. The molecule has 0 unspecified atom stereocenters. The van der Waals surface area contributed by atoms with Gasteiger partial charge in [-0.05, 0) is 25.7 Å². The molecule has 0 atom stereocenters. The fraction of sp³-hybridized carbons (Fsp3) is 0.960. The minimum Gasteiger partial charge on any atom is -0.0885 e. The lowest BCUT2D eigenvalue weighted by Gasteiger charge is -2.04. The third-order valence-corrected chi connectivity index (χ3v) is 11.6. The van der Waals surface area contributed by atoms with Crippen molar-refractivity contribution in [2.24, 2.45) is 0 Å². The van der Waals surface area contributed by atoms with Gasteiger partial charge >= 0.3 is 0 Å². The molecule has 0 radical (unpaired) electrons. The van der Waals surface area contributed by atoms with E-state index in [2.05, 4.69) is 26.0 Å². The Morgan fingerprint density at radius 3 is 0.420 bits per heavy atom. The average Bonchev–Trinajstić information content (AvgIpc) is 3.13. The molecule has 0 saturated heterocycles. The van der Waals surface area contributed by atoms with E-state index >= 15 is 0 Å². The third kappa shape index (κ3) is 47.7. The van der Waals surface area contributed by atoms with E-state index in [1.54, 1.807) is 0 Å². The van der Waals surface area contributed by atoms with Crippen molar-refractivity contribution >= 4 is 0 Å². The van der Waals surface area contributed by atoms with Gasteiger partial charge in [0.05, 0.1) is 0 Å². The Kier molecular flexibility index (Phi) is 48.5. The van der Waals surface area contributed by atoms with E-state index in [0.717, 1.165) is 0 Å². The quantitative estimate of drug-likeness (QED) is 0.0438.